The predicted octanol–water partition coefficient (Wildman–Crippen LogP) is 2.28. The van der Waals surface area contributed by atoms with Crippen molar-refractivity contribution >= 4 is 23.6 Å². The molecule has 1 fully saturated rings. The second-order valence-electron chi connectivity index (χ2n) is 5.66. The third-order valence-corrected chi connectivity index (χ3v) is 4.67. The summed E-state index contributed by atoms with van der Waals surface area (Å²) in [6.07, 6.45) is 3.74. The van der Waals surface area contributed by atoms with Gasteiger partial charge in [-0.05, 0) is 24.5 Å². The van der Waals surface area contributed by atoms with Gasteiger partial charge in [0, 0.05) is 25.6 Å². The van der Waals surface area contributed by atoms with Crippen molar-refractivity contribution in [3.63, 3.8) is 0 Å². The molecule has 0 unspecified atom stereocenters. The van der Waals surface area contributed by atoms with Crippen LogP contribution in [0, 0.1) is 5.92 Å². The Kier molecular flexibility index (Phi) is 8.04. The third kappa shape index (κ3) is 6.16. The number of thioether (sulfide) groups is 1. The number of carbonyl (C=O) groups is 2. The van der Waals surface area contributed by atoms with Gasteiger partial charge in [0.1, 0.15) is 0 Å². The maximum atomic E-state index is 12.0. The first-order valence-electron chi connectivity index (χ1n) is 7.71. The molecule has 0 radical (unpaired) electrons. The van der Waals surface area contributed by atoms with Gasteiger partial charge in [-0.15, -0.1) is 11.8 Å². The first-order chi connectivity index (χ1) is 9.54. The summed E-state index contributed by atoms with van der Waals surface area (Å²) in [6, 6.07) is 0. The van der Waals surface area contributed by atoms with Gasteiger partial charge in [-0.1, -0.05) is 27.2 Å². The number of likely N-dealkylation sites (tertiary alicyclic amines) is 1. The van der Waals surface area contributed by atoms with Crippen LogP contribution in [0.3, 0.4) is 0 Å². The molecule has 0 aliphatic carbocycles. The van der Waals surface area contributed by atoms with E-state index in [9.17, 15) is 9.59 Å². The van der Waals surface area contributed by atoms with E-state index in [1.807, 2.05) is 4.90 Å². The third-order valence-electron chi connectivity index (χ3n) is 3.59. The molecule has 0 aromatic heterocycles. The van der Waals surface area contributed by atoms with Crippen LogP contribution in [0.1, 0.15) is 46.5 Å². The maximum absolute atomic E-state index is 12.0. The minimum atomic E-state index is 0.0913. The molecule has 0 aromatic rings. The van der Waals surface area contributed by atoms with Gasteiger partial charge in [-0.25, -0.2) is 0 Å². The van der Waals surface area contributed by atoms with Gasteiger partial charge in [0.05, 0.1) is 5.75 Å². The molecule has 1 aliphatic heterocycles. The molecule has 0 bridgehead atoms. The molecule has 1 aliphatic rings. The zero-order valence-corrected chi connectivity index (χ0v) is 13.8. The van der Waals surface area contributed by atoms with Crippen LogP contribution in [-0.4, -0.2) is 47.4 Å². The number of hydrogen-bond donors (Lipinski definition) is 1. The lowest BCUT2D eigenvalue weighted by Crippen LogP contribution is -2.43. The SMILES string of the molecule is CCCCNC(=O)C1CCN(C(=O)CSC(C)C)CC1. The number of amides is 2. The van der Waals surface area contributed by atoms with Crippen molar-refractivity contribution in [3.8, 4) is 0 Å². The number of carbonyl (C=O) groups excluding carboxylic acids is 2. The molecule has 4 nitrogen and oxygen atoms in total. The quantitative estimate of drug-likeness (QED) is 0.734. The van der Waals surface area contributed by atoms with E-state index < -0.39 is 0 Å². The van der Waals surface area contributed by atoms with Gasteiger partial charge in [0.2, 0.25) is 11.8 Å². The minimum Gasteiger partial charge on any atom is -0.356 e. The Morgan fingerprint density at radius 2 is 1.95 bits per heavy atom. The Hall–Kier alpha value is -0.710. The second kappa shape index (κ2) is 9.27. The van der Waals surface area contributed by atoms with Gasteiger partial charge in [-0.3, -0.25) is 9.59 Å². The molecule has 1 heterocycles. The lowest BCUT2D eigenvalue weighted by Gasteiger charge is -2.31. The van der Waals surface area contributed by atoms with Crippen LogP contribution in [0.2, 0.25) is 0 Å². The van der Waals surface area contributed by atoms with Crippen molar-refractivity contribution in [1.82, 2.24) is 10.2 Å². The maximum Gasteiger partial charge on any atom is 0.232 e. The molecule has 2 amide bonds. The van der Waals surface area contributed by atoms with E-state index in [1.165, 1.54) is 0 Å². The zero-order chi connectivity index (χ0) is 15.0. The van der Waals surface area contributed by atoms with Crippen LogP contribution >= 0.6 is 11.8 Å². The van der Waals surface area contributed by atoms with Crippen LogP contribution in [0.5, 0.6) is 0 Å². The highest BCUT2D eigenvalue weighted by molar-refractivity contribution is 8.00. The van der Waals surface area contributed by atoms with E-state index in [-0.39, 0.29) is 17.7 Å². The molecule has 20 heavy (non-hydrogen) atoms. The Labute approximate surface area is 127 Å². The summed E-state index contributed by atoms with van der Waals surface area (Å²) in [5.74, 6) is 1.04. The van der Waals surface area contributed by atoms with Crippen molar-refractivity contribution in [2.45, 2.75) is 51.7 Å². The molecular formula is C15H28N2O2S. The summed E-state index contributed by atoms with van der Waals surface area (Å²) < 4.78 is 0. The largest absolute Gasteiger partial charge is 0.356 e. The van der Waals surface area contributed by atoms with Gasteiger partial charge in [0.15, 0.2) is 0 Å². The van der Waals surface area contributed by atoms with Crippen LogP contribution in [0.15, 0.2) is 0 Å². The highest BCUT2D eigenvalue weighted by Gasteiger charge is 2.26. The number of nitrogens with one attached hydrogen (secondary N) is 1. The van der Waals surface area contributed by atoms with Gasteiger partial charge in [-0.2, -0.15) is 0 Å². The topological polar surface area (TPSA) is 49.4 Å². The number of unbranched alkanes of at least 4 members (excludes halogenated alkanes) is 1. The average Bonchev–Trinajstić information content (AvgIpc) is 2.45. The molecule has 0 atom stereocenters. The van der Waals surface area contributed by atoms with Gasteiger partial charge >= 0.3 is 0 Å². The molecule has 1 saturated heterocycles. The van der Waals surface area contributed by atoms with Crippen molar-refractivity contribution in [2.75, 3.05) is 25.4 Å². The molecule has 5 heteroatoms. The van der Waals surface area contributed by atoms with E-state index in [2.05, 4.69) is 26.1 Å². The monoisotopic (exact) mass is 300 g/mol. The number of nitrogens with zero attached hydrogens (tertiary/aromatic N) is 1. The van der Waals surface area contributed by atoms with E-state index in [1.54, 1.807) is 11.8 Å². The number of rotatable bonds is 7. The smallest absolute Gasteiger partial charge is 0.232 e. The Morgan fingerprint density at radius 1 is 1.30 bits per heavy atom. The lowest BCUT2D eigenvalue weighted by atomic mass is 9.96. The first kappa shape index (κ1) is 17.3. The van der Waals surface area contributed by atoms with Gasteiger partial charge < -0.3 is 10.2 Å². The molecular weight excluding hydrogens is 272 g/mol. The van der Waals surface area contributed by atoms with E-state index >= 15 is 0 Å². The Morgan fingerprint density at radius 3 is 2.50 bits per heavy atom. The molecule has 0 saturated carbocycles. The summed E-state index contributed by atoms with van der Waals surface area (Å²) in [5, 5.41) is 3.48. The first-order valence-corrected chi connectivity index (χ1v) is 8.76. The van der Waals surface area contributed by atoms with Crippen LogP contribution in [0.4, 0.5) is 0 Å². The Bertz CT molecular complexity index is 313. The number of piperidine rings is 1. The van der Waals surface area contributed by atoms with Crippen molar-refractivity contribution in [2.24, 2.45) is 5.92 Å². The molecule has 1 rings (SSSR count). The number of hydrogen-bond acceptors (Lipinski definition) is 3. The van der Waals surface area contributed by atoms with Crippen LogP contribution < -0.4 is 5.32 Å². The fourth-order valence-corrected chi connectivity index (χ4v) is 2.91. The molecule has 0 spiro atoms. The van der Waals surface area contributed by atoms with E-state index in [0.29, 0.717) is 11.0 Å². The summed E-state index contributed by atoms with van der Waals surface area (Å²) in [5.41, 5.74) is 0. The van der Waals surface area contributed by atoms with Crippen LogP contribution in [-0.2, 0) is 9.59 Å². The predicted molar refractivity (Wildman–Crippen MR) is 84.8 cm³/mol. The van der Waals surface area contributed by atoms with E-state index in [0.717, 1.165) is 45.3 Å². The standard InChI is InChI=1S/C15H28N2O2S/c1-4-5-8-16-15(19)13-6-9-17(10-7-13)14(18)11-20-12(2)3/h12-13H,4-11H2,1-3H3,(H,16,19). The minimum absolute atomic E-state index is 0.0913. The highest BCUT2D eigenvalue weighted by Crippen LogP contribution is 2.19. The summed E-state index contributed by atoms with van der Waals surface area (Å²) in [6.45, 7) is 8.55. The van der Waals surface area contributed by atoms with Gasteiger partial charge in [0.25, 0.3) is 0 Å². The molecule has 116 valence electrons. The Balaban J connectivity index is 2.25. The fraction of sp³-hybridized carbons (Fsp3) is 0.867. The molecule has 0 aromatic carbocycles. The highest BCUT2D eigenvalue weighted by atomic mass is 32.2. The molecule has 1 N–H and O–H groups in total. The van der Waals surface area contributed by atoms with Crippen molar-refractivity contribution in [1.29, 1.82) is 0 Å². The van der Waals surface area contributed by atoms with Crippen LogP contribution in [0.25, 0.3) is 0 Å². The summed E-state index contributed by atoms with van der Waals surface area (Å²) >= 11 is 1.68. The fourth-order valence-electron chi connectivity index (χ4n) is 2.25. The second-order valence-corrected chi connectivity index (χ2v) is 7.22. The lowest BCUT2D eigenvalue weighted by molar-refractivity contribution is -0.133. The summed E-state index contributed by atoms with van der Waals surface area (Å²) in [4.78, 5) is 25.8. The zero-order valence-electron chi connectivity index (χ0n) is 13.0. The normalized spacial score (nSPS) is 16.5. The van der Waals surface area contributed by atoms with E-state index in [4.69, 9.17) is 0 Å². The summed E-state index contributed by atoms with van der Waals surface area (Å²) in [7, 11) is 0. The average molecular weight is 300 g/mol. The van der Waals surface area contributed by atoms with Crippen molar-refractivity contribution < 1.29 is 9.59 Å². The van der Waals surface area contributed by atoms with Crippen molar-refractivity contribution in [3.05, 3.63) is 0 Å².